The molecule has 2 unspecified atom stereocenters. The summed E-state index contributed by atoms with van der Waals surface area (Å²) in [5.41, 5.74) is 6.50. The summed E-state index contributed by atoms with van der Waals surface area (Å²) in [6.07, 6.45) is 6.03. The molecular formula is C26H36FN5O5S. The largest absolute Gasteiger partial charge is 0.465 e. The van der Waals surface area contributed by atoms with Gasteiger partial charge in [-0.3, -0.25) is 24.0 Å². The van der Waals surface area contributed by atoms with E-state index < -0.39 is 6.09 Å². The van der Waals surface area contributed by atoms with Gasteiger partial charge in [0.1, 0.15) is 11.9 Å². The number of carbonyl (C=O) groups excluding carboxylic acids is 3. The zero-order chi connectivity index (χ0) is 27.8. The number of allylic oxidation sites excluding steroid dienone is 1. The van der Waals surface area contributed by atoms with E-state index in [4.69, 9.17) is 10.8 Å². The first-order valence-corrected chi connectivity index (χ1v) is 13.6. The maximum absolute atomic E-state index is 13.1. The quantitative estimate of drug-likeness (QED) is 0.315. The molecule has 0 spiro atoms. The van der Waals surface area contributed by atoms with Gasteiger partial charge in [0.05, 0.1) is 13.1 Å². The van der Waals surface area contributed by atoms with Crippen molar-refractivity contribution in [2.24, 2.45) is 17.6 Å². The molecule has 5 N–H and O–H groups in total. The number of likely N-dealkylation sites (N-methyl/N-ethyl adjacent to an activating group) is 1. The Kier molecular flexibility index (Phi) is 10.5. The number of fused-ring (bicyclic) bond motifs is 1. The maximum Gasteiger partial charge on any atom is 0.407 e. The van der Waals surface area contributed by atoms with Crippen LogP contribution in [0.3, 0.4) is 0 Å². The number of halogens is 1. The summed E-state index contributed by atoms with van der Waals surface area (Å²) < 4.78 is 16.0. The number of benzene rings is 1. The van der Waals surface area contributed by atoms with Gasteiger partial charge in [0.25, 0.3) is 0 Å². The zero-order valence-corrected chi connectivity index (χ0v) is 22.3. The van der Waals surface area contributed by atoms with Gasteiger partial charge in [-0.1, -0.05) is 18.2 Å². The second kappa shape index (κ2) is 13.6. The predicted octanol–water partition coefficient (Wildman–Crippen LogP) is 2.24. The number of nitrogens with two attached hydrogens (primary N) is 1. The van der Waals surface area contributed by atoms with Crippen LogP contribution in [0.1, 0.15) is 43.2 Å². The molecule has 38 heavy (non-hydrogen) atoms. The van der Waals surface area contributed by atoms with Gasteiger partial charge >= 0.3 is 6.09 Å². The van der Waals surface area contributed by atoms with Crippen LogP contribution in [0, 0.1) is 17.7 Å². The number of nitrogens with one attached hydrogen (secondary N) is 2. The molecule has 5 rings (SSSR count). The van der Waals surface area contributed by atoms with Crippen LogP contribution in [0.4, 0.5) is 9.18 Å². The predicted molar refractivity (Wildman–Crippen MR) is 142 cm³/mol. The monoisotopic (exact) mass is 549 g/mol. The van der Waals surface area contributed by atoms with E-state index in [1.54, 1.807) is 36.0 Å². The van der Waals surface area contributed by atoms with Crippen LogP contribution < -0.4 is 15.8 Å². The molecule has 12 heteroatoms. The Balaban J connectivity index is 0.000000158. The van der Waals surface area contributed by atoms with E-state index in [0.717, 1.165) is 24.8 Å². The lowest BCUT2D eigenvalue weighted by Crippen LogP contribution is -2.46. The third kappa shape index (κ3) is 7.94. The van der Waals surface area contributed by atoms with Crippen molar-refractivity contribution in [3.8, 4) is 0 Å². The molecule has 4 amide bonds. The topological polar surface area (TPSA) is 145 Å². The summed E-state index contributed by atoms with van der Waals surface area (Å²) in [6, 6.07) is 4.39. The van der Waals surface area contributed by atoms with Gasteiger partial charge in [-0.15, -0.1) is 6.58 Å². The normalized spacial score (nSPS) is 22.7. The Morgan fingerprint density at radius 2 is 1.95 bits per heavy atom. The first kappa shape index (κ1) is 29.4. The number of rotatable bonds is 6. The molecular weight excluding hydrogens is 513 g/mol. The summed E-state index contributed by atoms with van der Waals surface area (Å²) in [5, 5.41) is 11.9. The minimum absolute atomic E-state index is 0.0203. The van der Waals surface area contributed by atoms with Gasteiger partial charge in [0.15, 0.2) is 0 Å². The Bertz CT molecular complexity index is 1030. The molecule has 1 aromatic rings. The van der Waals surface area contributed by atoms with Gasteiger partial charge in [0, 0.05) is 36.9 Å². The summed E-state index contributed by atoms with van der Waals surface area (Å²) in [4.78, 5) is 47.2. The smallest absolute Gasteiger partial charge is 0.407 e. The van der Waals surface area contributed by atoms with Crippen molar-refractivity contribution in [2.75, 3.05) is 20.1 Å². The fourth-order valence-corrected chi connectivity index (χ4v) is 5.12. The Hall–Kier alpha value is -3.12. The number of carboxylic acid groups (broad SMARTS) is 1. The molecule has 2 saturated carbocycles. The van der Waals surface area contributed by atoms with E-state index in [9.17, 15) is 23.6 Å². The highest BCUT2D eigenvalue weighted by Crippen LogP contribution is 2.40. The van der Waals surface area contributed by atoms with Gasteiger partial charge < -0.3 is 21.1 Å². The van der Waals surface area contributed by atoms with Crippen LogP contribution >= 0.6 is 11.9 Å². The third-order valence-electron chi connectivity index (χ3n) is 6.82. The fourth-order valence-electron chi connectivity index (χ4n) is 4.32. The Morgan fingerprint density at radius 3 is 2.50 bits per heavy atom. The van der Waals surface area contributed by atoms with Crippen LogP contribution in [0.2, 0.25) is 0 Å². The van der Waals surface area contributed by atoms with E-state index in [0.29, 0.717) is 29.8 Å². The van der Waals surface area contributed by atoms with Crippen LogP contribution in [0.25, 0.3) is 0 Å². The van der Waals surface area contributed by atoms with Gasteiger partial charge in [-0.05, 0) is 61.6 Å². The van der Waals surface area contributed by atoms with Crippen molar-refractivity contribution in [3.63, 3.8) is 0 Å². The molecule has 2 aliphatic carbocycles. The molecule has 1 aromatic carbocycles. The fraction of sp³-hybridized carbons (Fsp3) is 0.538. The van der Waals surface area contributed by atoms with E-state index in [-0.39, 0.29) is 48.6 Å². The van der Waals surface area contributed by atoms with Crippen molar-refractivity contribution in [1.29, 1.82) is 0 Å². The van der Waals surface area contributed by atoms with Crippen LogP contribution in [0.15, 0.2) is 30.9 Å². The molecule has 3 fully saturated rings. The summed E-state index contributed by atoms with van der Waals surface area (Å²) in [7, 11) is 1.58. The molecule has 3 atom stereocenters. The van der Waals surface area contributed by atoms with Crippen LogP contribution in [0.5, 0.6) is 0 Å². The highest BCUT2D eigenvalue weighted by molar-refractivity contribution is 7.98. The average molecular weight is 550 g/mol. The Labute approximate surface area is 226 Å². The second-order valence-corrected chi connectivity index (χ2v) is 10.7. The third-order valence-corrected chi connectivity index (χ3v) is 7.95. The molecule has 208 valence electrons. The number of hydrogen-bond donors (Lipinski definition) is 4. The first-order chi connectivity index (χ1) is 18.2. The summed E-state index contributed by atoms with van der Waals surface area (Å²) >= 11 is 1.60. The SMILES string of the molecule is C=CC1C[C@@H]1C(=O)NSC1CC1.CNC(=O)C1CCCN1C(=O)CN.O=C(O)N1Cc2cccc(F)c2C1. The standard InChI is InChI=1S/C9H8FNO2.C9H13NOS.C8H15N3O2/c10-8-3-1-2-6-4-11(9(12)13)5-7(6)8;1-2-6-5-8(6)9(11)10-12-7-3-4-7;1-10-8(13)6-3-2-4-11(6)7(12)5-9/h1-3H,4-5H2,(H,12,13);2,6-8H,1,3-5H2,(H,10,11);6H,2-5,9H2,1H3,(H,10,13)/t;6?,8-;/m.0./s1. The minimum atomic E-state index is -1.00. The lowest BCUT2D eigenvalue weighted by Gasteiger charge is -2.22. The highest BCUT2D eigenvalue weighted by Gasteiger charge is 2.41. The van der Waals surface area contributed by atoms with Crippen molar-refractivity contribution in [3.05, 3.63) is 47.8 Å². The van der Waals surface area contributed by atoms with Crippen LogP contribution in [-0.2, 0) is 27.5 Å². The maximum atomic E-state index is 13.1. The number of nitrogens with zero attached hydrogens (tertiary/aromatic N) is 2. The minimum Gasteiger partial charge on any atom is -0.465 e. The lowest BCUT2D eigenvalue weighted by atomic mass is 10.1. The highest BCUT2D eigenvalue weighted by atomic mass is 32.2. The van der Waals surface area contributed by atoms with E-state index in [1.165, 1.54) is 23.8 Å². The summed E-state index contributed by atoms with van der Waals surface area (Å²) in [5.74, 6) is 0.321. The molecule has 10 nitrogen and oxygen atoms in total. The zero-order valence-electron chi connectivity index (χ0n) is 21.5. The molecule has 2 aliphatic heterocycles. The van der Waals surface area contributed by atoms with Crippen molar-refractivity contribution >= 4 is 35.8 Å². The van der Waals surface area contributed by atoms with Gasteiger partial charge in [-0.25, -0.2) is 9.18 Å². The van der Waals surface area contributed by atoms with Gasteiger partial charge in [0.2, 0.25) is 17.7 Å². The number of hydrogen-bond acceptors (Lipinski definition) is 6. The molecule has 0 radical (unpaired) electrons. The van der Waals surface area contributed by atoms with E-state index >= 15 is 0 Å². The van der Waals surface area contributed by atoms with E-state index in [2.05, 4.69) is 16.6 Å². The molecule has 0 bridgehead atoms. The number of carbonyl (C=O) groups is 4. The average Bonchev–Trinajstić information content (AvgIpc) is 3.81. The molecule has 4 aliphatic rings. The molecule has 2 heterocycles. The van der Waals surface area contributed by atoms with Gasteiger partial charge in [-0.2, -0.15) is 0 Å². The van der Waals surface area contributed by atoms with Crippen molar-refractivity contribution < 1.29 is 28.7 Å². The first-order valence-electron chi connectivity index (χ1n) is 12.7. The summed E-state index contributed by atoms with van der Waals surface area (Å²) in [6.45, 7) is 4.76. The van der Waals surface area contributed by atoms with Crippen molar-refractivity contribution in [2.45, 2.75) is 56.5 Å². The number of likely N-dealkylation sites (tertiary alicyclic amines) is 1. The second-order valence-electron chi connectivity index (χ2n) is 9.60. The van der Waals surface area contributed by atoms with E-state index in [1.807, 2.05) is 6.08 Å². The molecule has 1 saturated heterocycles. The van der Waals surface area contributed by atoms with Crippen molar-refractivity contribution in [1.82, 2.24) is 19.8 Å². The lowest BCUT2D eigenvalue weighted by molar-refractivity contribution is -0.137. The Morgan fingerprint density at radius 1 is 1.21 bits per heavy atom. The van der Waals surface area contributed by atoms with Crippen LogP contribution in [-0.4, -0.2) is 70.2 Å². The number of amides is 4. The molecule has 0 aromatic heterocycles.